The first-order chi connectivity index (χ1) is 27.3. The van der Waals surface area contributed by atoms with Crippen molar-refractivity contribution in [3.05, 3.63) is 212 Å². The molecule has 256 valence electrons. The molecule has 0 fully saturated rings. The number of aromatic nitrogens is 1. The lowest BCUT2D eigenvalue weighted by Crippen LogP contribution is -2.00. The van der Waals surface area contributed by atoms with Crippen LogP contribution < -0.4 is 0 Å². The molecule has 55 heavy (non-hydrogen) atoms. The zero-order valence-electron chi connectivity index (χ0n) is 30.2. The van der Waals surface area contributed by atoms with Gasteiger partial charge in [-0.1, -0.05) is 182 Å². The zero-order valence-corrected chi connectivity index (χ0v) is 30.2. The van der Waals surface area contributed by atoms with Crippen molar-refractivity contribution in [2.45, 2.75) is 0 Å². The fourth-order valence-electron chi connectivity index (χ4n) is 8.97. The predicted molar refractivity (Wildman–Crippen MR) is 235 cm³/mol. The van der Waals surface area contributed by atoms with Gasteiger partial charge in [-0.05, 0) is 118 Å². The molecule has 11 rings (SSSR count). The summed E-state index contributed by atoms with van der Waals surface area (Å²) in [5.41, 5.74) is 10.8. The minimum absolute atomic E-state index is 1.13. The fourth-order valence-corrected chi connectivity index (χ4v) is 8.97. The van der Waals surface area contributed by atoms with Gasteiger partial charge in [0.05, 0.1) is 11.4 Å². The Kier molecular flexibility index (Phi) is 7.25. The van der Waals surface area contributed by atoms with E-state index in [1.54, 1.807) is 0 Å². The fraction of sp³-hybridized carbons (Fsp3) is 0. The van der Waals surface area contributed by atoms with Crippen LogP contribution in [0.15, 0.2) is 212 Å². The van der Waals surface area contributed by atoms with Crippen LogP contribution in [0.2, 0.25) is 0 Å². The molecule has 0 N–H and O–H groups in total. The molecule has 0 aliphatic carbocycles. The van der Waals surface area contributed by atoms with Crippen molar-refractivity contribution in [2.24, 2.45) is 0 Å². The highest BCUT2D eigenvalue weighted by Gasteiger charge is 2.22. The summed E-state index contributed by atoms with van der Waals surface area (Å²) in [6, 6.07) is 77.9. The summed E-state index contributed by atoms with van der Waals surface area (Å²) in [6.45, 7) is 0. The Morgan fingerprint density at radius 3 is 1.42 bits per heavy atom. The maximum absolute atomic E-state index is 2.45. The lowest BCUT2D eigenvalue weighted by molar-refractivity contribution is 1.10. The highest BCUT2D eigenvalue weighted by atomic mass is 15.0. The maximum atomic E-state index is 2.45. The Morgan fingerprint density at radius 1 is 0.255 bits per heavy atom. The average molecular weight is 698 g/mol. The van der Waals surface area contributed by atoms with E-state index < -0.39 is 0 Å². The second-order valence-corrected chi connectivity index (χ2v) is 14.4. The van der Waals surface area contributed by atoms with Crippen LogP contribution in [-0.2, 0) is 0 Å². The summed E-state index contributed by atoms with van der Waals surface area (Å²) >= 11 is 0. The second kappa shape index (κ2) is 12.7. The van der Waals surface area contributed by atoms with E-state index in [-0.39, 0.29) is 0 Å². The van der Waals surface area contributed by atoms with Crippen molar-refractivity contribution < 1.29 is 0 Å². The molecule has 0 atom stereocenters. The molecule has 0 aliphatic heterocycles. The van der Waals surface area contributed by atoms with Gasteiger partial charge in [-0.2, -0.15) is 0 Å². The van der Waals surface area contributed by atoms with Gasteiger partial charge in [0, 0.05) is 5.69 Å². The number of hydrogen-bond acceptors (Lipinski definition) is 0. The third-order valence-corrected chi connectivity index (χ3v) is 11.4. The van der Waals surface area contributed by atoms with Gasteiger partial charge in [0.25, 0.3) is 0 Å². The largest absolute Gasteiger partial charge is 0.309 e. The second-order valence-electron chi connectivity index (χ2n) is 14.4. The van der Waals surface area contributed by atoms with Gasteiger partial charge in [-0.25, -0.2) is 0 Å². The van der Waals surface area contributed by atoms with E-state index in [9.17, 15) is 0 Å². The van der Waals surface area contributed by atoms with E-state index in [1.165, 1.54) is 87.2 Å². The molecule has 0 saturated heterocycles. The Hall–Kier alpha value is -7.22. The molecule has 0 aliphatic rings. The van der Waals surface area contributed by atoms with Crippen LogP contribution in [0.4, 0.5) is 0 Å². The van der Waals surface area contributed by atoms with Crippen molar-refractivity contribution in [3.8, 4) is 50.5 Å². The summed E-state index contributed by atoms with van der Waals surface area (Å²) < 4.78 is 2.44. The standard InChI is InChI=1S/C54H35N/c1-3-17-37(18-4-1)51-32-33-52(38-19-5-2-6-20-38)55(51)40-30-31-48-50(35-40)53(45-29-15-22-36-16-7-9-23-41(36)45)46-27-13-14-28-47(46)54(48)49-34-39-21-8-10-24-42(39)43-25-11-12-26-44(43)49/h1-35H. The molecule has 11 aromatic rings. The van der Waals surface area contributed by atoms with Crippen molar-refractivity contribution in [1.82, 2.24) is 4.57 Å². The maximum Gasteiger partial charge on any atom is 0.0535 e. The number of fused-ring (bicyclic) bond motifs is 6. The van der Waals surface area contributed by atoms with E-state index in [0.717, 1.165) is 17.1 Å². The van der Waals surface area contributed by atoms with E-state index in [2.05, 4.69) is 217 Å². The van der Waals surface area contributed by atoms with Gasteiger partial charge in [0.1, 0.15) is 0 Å². The highest BCUT2D eigenvalue weighted by Crippen LogP contribution is 2.48. The lowest BCUT2D eigenvalue weighted by atomic mass is 9.83. The number of rotatable bonds is 5. The lowest BCUT2D eigenvalue weighted by Gasteiger charge is -2.22. The minimum atomic E-state index is 1.13. The number of benzene rings is 10. The molecule has 10 aromatic carbocycles. The van der Waals surface area contributed by atoms with E-state index in [1.807, 2.05) is 0 Å². The Morgan fingerprint density at radius 2 is 0.745 bits per heavy atom. The minimum Gasteiger partial charge on any atom is -0.309 e. The molecule has 1 aromatic heterocycles. The molecule has 0 amide bonds. The van der Waals surface area contributed by atoms with Gasteiger partial charge in [-0.3, -0.25) is 0 Å². The third kappa shape index (κ3) is 5.01. The molecular formula is C54H35N. The van der Waals surface area contributed by atoms with Crippen molar-refractivity contribution in [1.29, 1.82) is 0 Å². The van der Waals surface area contributed by atoms with Crippen LogP contribution in [0, 0.1) is 0 Å². The molecule has 0 radical (unpaired) electrons. The van der Waals surface area contributed by atoms with Crippen LogP contribution in [-0.4, -0.2) is 4.57 Å². The van der Waals surface area contributed by atoms with Gasteiger partial charge >= 0.3 is 0 Å². The normalized spacial score (nSPS) is 11.6. The number of hydrogen-bond donors (Lipinski definition) is 0. The summed E-state index contributed by atoms with van der Waals surface area (Å²) in [4.78, 5) is 0. The molecule has 1 nitrogen and oxygen atoms in total. The smallest absolute Gasteiger partial charge is 0.0535 e. The molecule has 0 spiro atoms. The SMILES string of the molecule is c1ccc(-c2ccc(-c3ccccc3)n2-c2ccc3c(-c4cc5ccccc5c5ccccc45)c4ccccc4c(-c4cccc5ccccc45)c3c2)cc1. The first-order valence-electron chi connectivity index (χ1n) is 19.0. The highest BCUT2D eigenvalue weighted by molar-refractivity contribution is 6.27. The zero-order chi connectivity index (χ0) is 36.3. The Labute approximate surface area is 320 Å². The monoisotopic (exact) mass is 697 g/mol. The summed E-state index contributed by atoms with van der Waals surface area (Å²) in [5, 5.41) is 12.5. The first-order valence-corrected chi connectivity index (χ1v) is 19.0. The first kappa shape index (κ1) is 31.3. The number of nitrogens with zero attached hydrogens (tertiary/aromatic N) is 1. The van der Waals surface area contributed by atoms with Crippen LogP contribution in [0.5, 0.6) is 0 Å². The van der Waals surface area contributed by atoms with Crippen molar-refractivity contribution >= 4 is 53.9 Å². The summed E-state index contributed by atoms with van der Waals surface area (Å²) in [7, 11) is 0. The third-order valence-electron chi connectivity index (χ3n) is 11.4. The van der Waals surface area contributed by atoms with Gasteiger partial charge in [0.15, 0.2) is 0 Å². The van der Waals surface area contributed by atoms with E-state index >= 15 is 0 Å². The average Bonchev–Trinajstić information content (AvgIpc) is 3.71. The van der Waals surface area contributed by atoms with Gasteiger partial charge in [0.2, 0.25) is 0 Å². The van der Waals surface area contributed by atoms with Crippen LogP contribution in [0.1, 0.15) is 0 Å². The molecule has 0 saturated carbocycles. The van der Waals surface area contributed by atoms with Crippen molar-refractivity contribution in [2.75, 3.05) is 0 Å². The van der Waals surface area contributed by atoms with Gasteiger partial charge in [-0.15, -0.1) is 0 Å². The Bertz CT molecular complexity index is 3180. The summed E-state index contributed by atoms with van der Waals surface area (Å²) in [5.74, 6) is 0. The van der Waals surface area contributed by atoms with E-state index in [0.29, 0.717) is 0 Å². The summed E-state index contributed by atoms with van der Waals surface area (Å²) in [6.07, 6.45) is 0. The van der Waals surface area contributed by atoms with Crippen LogP contribution in [0.25, 0.3) is 104 Å². The molecule has 1 heteroatoms. The van der Waals surface area contributed by atoms with E-state index in [4.69, 9.17) is 0 Å². The quantitative estimate of drug-likeness (QED) is 0.125. The predicted octanol–water partition coefficient (Wildman–Crippen LogP) is 14.9. The van der Waals surface area contributed by atoms with Gasteiger partial charge < -0.3 is 4.57 Å². The molecular weight excluding hydrogens is 663 g/mol. The molecule has 0 bridgehead atoms. The topological polar surface area (TPSA) is 4.93 Å². The van der Waals surface area contributed by atoms with Crippen LogP contribution >= 0.6 is 0 Å². The molecule has 0 unspecified atom stereocenters. The van der Waals surface area contributed by atoms with Crippen LogP contribution in [0.3, 0.4) is 0 Å². The van der Waals surface area contributed by atoms with Crippen molar-refractivity contribution in [3.63, 3.8) is 0 Å². The Balaban J connectivity index is 1.31. The molecule has 1 heterocycles.